The van der Waals surface area contributed by atoms with Crippen LogP contribution in [0.1, 0.15) is 30.9 Å². The van der Waals surface area contributed by atoms with Gasteiger partial charge in [-0.05, 0) is 11.5 Å². The third-order valence-corrected chi connectivity index (χ3v) is 2.32. The highest BCUT2D eigenvalue weighted by molar-refractivity contribution is 5.57. The highest BCUT2D eigenvalue weighted by Crippen LogP contribution is 2.27. The molecule has 86 valence electrons. The molecule has 0 bridgehead atoms. The summed E-state index contributed by atoms with van der Waals surface area (Å²) in [4.78, 5) is 10.6. The van der Waals surface area contributed by atoms with E-state index < -0.39 is 0 Å². The zero-order valence-corrected chi connectivity index (χ0v) is 9.51. The van der Waals surface area contributed by atoms with Crippen LogP contribution in [0.3, 0.4) is 0 Å². The van der Waals surface area contributed by atoms with Crippen molar-refractivity contribution in [2.75, 3.05) is 6.54 Å². The van der Waals surface area contributed by atoms with Gasteiger partial charge in [0.15, 0.2) is 0 Å². The Morgan fingerprint density at radius 3 is 2.69 bits per heavy atom. The van der Waals surface area contributed by atoms with Gasteiger partial charge in [0.05, 0.1) is 4.92 Å². The molecule has 0 aromatic heterocycles. The average Bonchev–Trinajstić information content (AvgIpc) is 2.25. The zero-order valence-electron chi connectivity index (χ0n) is 9.51. The molecule has 1 aromatic carbocycles. The van der Waals surface area contributed by atoms with Gasteiger partial charge < -0.3 is 5.73 Å². The molecule has 0 fully saturated rings. The molecule has 1 aromatic rings. The summed E-state index contributed by atoms with van der Waals surface area (Å²) in [7, 11) is 0. The van der Waals surface area contributed by atoms with E-state index in [0.29, 0.717) is 6.54 Å². The van der Waals surface area contributed by atoms with Gasteiger partial charge in [0, 0.05) is 18.2 Å². The Morgan fingerprint density at radius 2 is 2.19 bits per heavy atom. The number of nitro groups is 1. The lowest BCUT2D eigenvalue weighted by molar-refractivity contribution is -0.385. The van der Waals surface area contributed by atoms with E-state index >= 15 is 0 Å². The van der Waals surface area contributed by atoms with Gasteiger partial charge in [-0.2, -0.15) is 0 Å². The first-order chi connectivity index (χ1) is 7.56. The topological polar surface area (TPSA) is 69.2 Å². The van der Waals surface area contributed by atoms with Crippen LogP contribution in [0.15, 0.2) is 24.3 Å². The fraction of sp³-hybridized carbons (Fsp3) is 0.333. The van der Waals surface area contributed by atoms with Crippen molar-refractivity contribution in [1.82, 2.24) is 0 Å². The minimum atomic E-state index is -0.338. The third-order valence-electron chi connectivity index (χ3n) is 2.32. The second-order valence-corrected chi connectivity index (χ2v) is 3.87. The summed E-state index contributed by atoms with van der Waals surface area (Å²) in [6.45, 7) is 4.31. The number of nitrogens with zero attached hydrogens (tertiary/aromatic N) is 1. The average molecular weight is 220 g/mol. The third kappa shape index (κ3) is 2.90. The molecule has 0 aliphatic rings. The Balaban J connectivity index is 3.17. The molecule has 0 amide bonds. The molecule has 0 aliphatic carbocycles. The Hall–Kier alpha value is -1.68. The highest BCUT2D eigenvalue weighted by Gasteiger charge is 2.16. The summed E-state index contributed by atoms with van der Waals surface area (Å²) < 4.78 is 0. The first-order valence-electron chi connectivity index (χ1n) is 5.21. The summed E-state index contributed by atoms with van der Waals surface area (Å²) in [5, 5.41) is 10.9. The highest BCUT2D eigenvalue weighted by atomic mass is 16.6. The SMILES string of the molecule is CC(C)c1ccc(C=CCN)cc1[N+](=O)[O-]. The summed E-state index contributed by atoms with van der Waals surface area (Å²) in [6.07, 6.45) is 3.56. The van der Waals surface area contributed by atoms with E-state index in [1.54, 1.807) is 24.3 Å². The summed E-state index contributed by atoms with van der Waals surface area (Å²) in [5.41, 5.74) is 7.07. The minimum absolute atomic E-state index is 0.146. The maximum absolute atomic E-state index is 10.9. The molecule has 4 nitrogen and oxygen atoms in total. The number of rotatable bonds is 4. The second kappa shape index (κ2) is 5.42. The van der Waals surface area contributed by atoms with Gasteiger partial charge in [0.2, 0.25) is 0 Å². The van der Waals surface area contributed by atoms with E-state index in [2.05, 4.69) is 0 Å². The smallest absolute Gasteiger partial charge is 0.273 e. The van der Waals surface area contributed by atoms with Crippen LogP contribution in [0.2, 0.25) is 0 Å². The van der Waals surface area contributed by atoms with Gasteiger partial charge in [0.1, 0.15) is 0 Å². The monoisotopic (exact) mass is 220 g/mol. The van der Waals surface area contributed by atoms with Crippen LogP contribution in [-0.2, 0) is 0 Å². The lowest BCUT2D eigenvalue weighted by Crippen LogP contribution is -1.98. The van der Waals surface area contributed by atoms with Crippen LogP contribution >= 0.6 is 0 Å². The molecule has 0 aliphatic heterocycles. The number of nitro benzene ring substituents is 1. The van der Waals surface area contributed by atoms with E-state index in [9.17, 15) is 10.1 Å². The standard InChI is InChI=1S/C12H16N2O2/c1-9(2)11-6-5-10(4-3-7-13)8-12(11)14(15)16/h3-6,8-9H,7,13H2,1-2H3. The molecule has 0 heterocycles. The molecule has 0 spiro atoms. The van der Waals surface area contributed by atoms with Crippen molar-refractivity contribution >= 4 is 11.8 Å². The van der Waals surface area contributed by atoms with Crippen molar-refractivity contribution in [2.24, 2.45) is 5.73 Å². The molecule has 0 radical (unpaired) electrons. The summed E-state index contributed by atoms with van der Waals surface area (Å²) in [5.74, 6) is 0.146. The van der Waals surface area contributed by atoms with Crippen molar-refractivity contribution in [2.45, 2.75) is 19.8 Å². The number of hydrogen-bond acceptors (Lipinski definition) is 3. The molecule has 0 unspecified atom stereocenters. The van der Waals surface area contributed by atoms with Crippen molar-refractivity contribution in [3.8, 4) is 0 Å². The molecule has 0 atom stereocenters. The Morgan fingerprint density at radius 1 is 1.50 bits per heavy atom. The number of hydrogen-bond donors (Lipinski definition) is 1. The normalized spacial score (nSPS) is 11.2. The molecule has 2 N–H and O–H groups in total. The zero-order chi connectivity index (χ0) is 12.1. The fourth-order valence-electron chi connectivity index (χ4n) is 1.51. The predicted octanol–water partition coefficient (Wildman–Crippen LogP) is 2.69. The van der Waals surface area contributed by atoms with Gasteiger partial charge in [-0.1, -0.05) is 38.1 Å². The van der Waals surface area contributed by atoms with Crippen molar-refractivity contribution in [3.05, 3.63) is 45.5 Å². The van der Waals surface area contributed by atoms with Crippen LogP contribution in [0, 0.1) is 10.1 Å². The largest absolute Gasteiger partial charge is 0.327 e. The Kier molecular flexibility index (Phi) is 4.19. The van der Waals surface area contributed by atoms with Crippen molar-refractivity contribution in [1.29, 1.82) is 0 Å². The van der Waals surface area contributed by atoms with E-state index in [0.717, 1.165) is 11.1 Å². The van der Waals surface area contributed by atoms with Gasteiger partial charge >= 0.3 is 0 Å². The van der Waals surface area contributed by atoms with Gasteiger partial charge in [-0.3, -0.25) is 10.1 Å². The maximum atomic E-state index is 10.9. The van der Waals surface area contributed by atoms with Gasteiger partial charge in [-0.25, -0.2) is 0 Å². The van der Waals surface area contributed by atoms with Crippen LogP contribution < -0.4 is 5.73 Å². The molecule has 4 heteroatoms. The lowest BCUT2D eigenvalue weighted by Gasteiger charge is -2.06. The van der Waals surface area contributed by atoms with E-state index in [1.165, 1.54) is 0 Å². The molecule has 0 saturated carbocycles. The molecular formula is C12H16N2O2. The van der Waals surface area contributed by atoms with Crippen molar-refractivity contribution in [3.63, 3.8) is 0 Å². The van der Waals surface area contributed by atoms with E-state index in [4.69, 9.17) is 5.73 Å². The van der Waals surface area contributed by atoms with Crippen molar-refractivity contribution < 1.29 is 4.92 Å². The molecular weight excluding hydrogens is 204 g/mol. The second-order valence-electron chi connectivity index (χ2n) is 3.87. The summed E-state index contributed by atoms with van der Waals surface area (Å²) in [6, 6.07) is 5.26. The lowest BCUT2D eigenvalue weighted by atomic mass is 9.99. The summed E-state index contributed by atoms with van der Waals surface area (Å²) >= 11 is 0. The van der Waals surface area contributed by atoms with E-state index in [1.807, 2.05) is 19.9 Å². The fourth-order valence-corrected chi connectivity index (χ4v) is 1.51. The van der Waals surface area contributed by atoms with E-state index in [-0.39, 0.29) is 16.5 Å². The maximum Gasteiger partial charge on any atom is 0.273 e. The molecule has 0 saturated heterocycles. The Bertz CT molecular complexity index is 411. The minimum Gasteiger partial charge on any atom is -0.327 e. The first-order valence-corrected chi connectivity index (χ1v) is 5.21. The first kappa shape index (κ1) is 12.4. The van der Waals surface area contributed by atoms with Crippen LogP contribution in [-0.4, -0.2) is 11.5 Å². The van der Waals surface area contributed by atoms with Crippen LogP contribution in [0.4, 0.5) is 5.69 Å². The molecule has 16 heavy (non-hydrogen) atoms. The van der Waals surface area contributed by atoms with Crippen LogP contribution in [0.25, 0.3) is 6.08 Å². The van der Waals surface area contributed by atoms with Gasteiger partial charge in [-0.15, -0.1) is 0 Å². The van der Waals surface area contributed by atoms with Crippen LogP contribution in [0.5, 0.6) is 0 Å². The predicted molar refractivity (Wildman–Crippen MR) is 65.3 cm³/mol. The quantitative estimate of drug-likeness (QED) is 0.626. The number of benzene rings is 1. The number of nitrogens with two attached hydrogens (primary N) is 1. The Labute approximate surface area is 94.9 Å². The van der Waals surface area contributed by atoms with Gasteiger partial charge in [0.25, 0.3) is 5.69 Å². The molecule has 1 rings (SSSR count).